The van der Waals surface area contributed by atoms with Gasteiger partial charge >= 0.3 is 0 Å². The minimum absolute atomic E-state index is 0.0460. The van der Waals surface area contributed by atoms with Gasteiger partial charge in [0.25, 0.3) is 5.91 Å². The van der Waals surface area contributed by atoms with E-state index in [0.717, 1.165) is 35.9 Å². The number of carbonyl (C=O) groups excluding carboxylic acids is 1. The zero-order valence-electron chi connectivity index (χ0n) is 19.3. The van der Waals surface area contributed by atoms with Crippen LogP contribution in [0.2, 0.25) is 0 Å². The molecule has 7 nitrogen and oxygen atoms in total. The summed E-state index contributed by atoms with van der Waals surface area (Å²) in [6.45, 7) is 5.89. The van der Waals surface area contributed by atoms with Crippen LogP contribution in [0.5, 0.6) is 11.5 Å². The maximum absolute atomic E-state index is 13.0. The molecule has 1 saturated heterocycles. The number of hydrogen-bond donors (Lipinski definition) is 0. The van der Waals surface area contributed by atoms with Crippen molar-refractivity contribution in [2.24, 2.45) is 0 Å². The third-order valence-electron chi connectivity index (χ3n) is 5.97. The van der Waals surface area contributed by atoms with E-state index in [-0.39, 0.29) is 5.91 Å². The van der Waals surface area contributed by atoms with Gasteiger partial charge in [-0.25, -0.2) is 4.98 Å². The van der Waals surface area contributed by atoms with Gasteiger partial charge in [-0.2, -0.15) is 0 Å². The van der Waals surface area contributed by atoms with Crippen LogP contribution in [0.1, 0.15) is 23.0 Å². The molecule has 7 heteroatoms. The molecule has 0 radical (unpaired) electrons. The molecule has 0 spiro atoms. The van der Waals surface area contributed by atoms with Gasteiger partial charge < -0.3 is 23.7 Å². The van der Waals surface area contributed by atoms with Crippen molar-refractivity contribution in [3.8, 4) is 11.5 Å². The van der Waals surface area contributed by atoms with Crippen molar-refractivity contribution in [2.45, 2.75) is 13.5 Å². The highest BCUT2D eigenvalue weighted by Gasteiger charge is 2.23. The first-order valence-corrected chi connectivity index (χ1v) is 11.6. The Morgan fingerprint density at radius 2 is 1.68 bits per heavy atom. The number of imidazole rings is 1. The molecular weight excluding hydrogens is 428 g/mol. The average Bonchev–Trinajstić information content (AvgIpc) is 3.31. The summed E-state index contributed by atoms with van der Waals surface area (Å²) in [6.07, 6.45) is 3.92. The molecule has 0 N–H and O–H groups in total. The fourth-order valence-corrected chi connectivity index (χ4v) is 4.24. The van der Waals surface area contributed by atoms with Gasteiger partial charge in [0.1, 0.15) is 23.8 Å². The van der Waals surface area contributed by atoms with Crippen LogP contribution >= 0.6 is 0 Å². The summed E-state index contributed by atoms with van der Waals surface area (Å²) < 4.78 is 13.6. The van der Waals surface area contributed by atoms with E-state index in [1.165, 1.54) is 0 Å². The minimum Gasteiger partial charge on any atom is -0.492 e. The van der Waals surface area contributed by atoms with Crippen molar-refractivity contribution >= 4 is 17.2 Å². The van der Waals surface area contributed by atoms with Crippen LogP contribution in [0.25, 0.3) is 5.65 Å². The number of fused-ring (bicyclic) bond motifs is 1. The van der Waals surface area contributed by atoms with Crippen molar-refractivity contribution in [3.05, 3.63) is 90.4 Å². The topological polar surface area (TPSA) is 59.3 Å². The van der Waals surface area contributed by atoms with E-state index in [1.807, 2.05) is 89.3 Å². The number of ether oxygens (including phenoxy) is 2. The van der Waals surface area contributed by atoms with Crippen molar-refractivity contribution in [2.75, 3.05) is 37.7 Å². The summed E-state index contributed by atoms with van der Waals surface area (Å²) in [6, 6.07) is 21.3. The molecule has 0 unspecified atom stereocenters. The van der Waals surface area contributed by atoms with Crippen LogP contribution in [0.4, 0.5) is 5.69 Å². The van der Waals surface area contributed by atoms with Crippen LogP contribution in [0, 0.1) is 0 Å². The first-order valence-electron chi connectivity index (χ1n) is 11.6. The van der Waals surface area contributed by atoms with Crippen molar-refractivity contribution < 1.29 is 14.3 Å². The lowest BCUT2D eigenvalue weighted by Crippen LogP contribution is -2.48. The fraction of sp³-hybridized carbons (Fsp3) is 0.259. The van der Waals surface area contributed by atoms with Crippen molar-refractivity contribution in [1.82, 2.24) is 14.3 Å². The lowest BCUT2D eigenvalue weighted by atomic mass is 10.1. The lowest BCUT2D eigenvalue weighted by molar-refractivity contribution is 0.0746. The van der Waals surface area contributed by atoms with Gasteiger partial charge in [-0.05, 0) is 55.5 Å². The minimum atomic E-state index is 0.0460. The second-order valence-corrected chi connectivity index (χ2v) is 8.19. The van der Waals surface area contributed by atoms with Crippen LogP contribution in [0.15, 0.2) is 79.1 Å². The number of para-hydroxylation sites is 2. The number of benzene rings is 2. The van der Waals surface area contributed by atoms with E-state index >= 15 is 0 Å². The second kappa shape index (κ2) is 9.87. The molecule has 34 heavy (non-hydrogen) atoms. The maximum atomic E-state index is 13.0. The molecule has 0 saturated carbocycles. The summed E-state index contributed by atoms with van der Waals surface area (Å²) in [5, 5.41) is 0. The predicted molar refractivity (Wildman–Crippen MR) is 132 cm³/mol. The average molecular weight is 457 g/mol. The van der Waals surface area contributed by atoms with Gasteiger partial charge in [-0.1, -0.05) is 18.2 Å². The molecule has 2 aromatic carbocycles. The SMILES string of the molecule is CCOc1ccccc1N1CCN(C(=O)c2ccc(OCc3cn4ccccc4n3)cc2)CC1. The van der Waals surface area contributed by atoms with Gasteiger partial charge in [0.2, 0.25) is 0 Å². The quantitative estimate of drug-likeness (QED) is 0.416. The molecule has 2 aromatic heterocycles. The normalized spacial score (nSPS) is 13.8. The molecular formula is C27H28N4O3. The van der Waals surface area contributed by atoms with Crippen LogP contribution in [0.3, 0.4) is 0 Å². The predicted octanol–water partition coefficient (Wildman–Crippen LogP) is 4.27. The molecule has 0 aliphatic carbocycles. The van der Waals surface area contributed by atoms with Gasteiger partial charge in [0.15, 0.2) is 0 Å². The van der Waals surface area contributed by atoms with Crippen molar-refractivity contribution in [1.29, 1.82) is 0 Å². The van der Waals surface area contributed by atoms with E-state index in [2.05, 4.69) is 16.0 Å². The number of piperazine rings is 1. The molecule has 174 valence electrons. The van der Waals surface area contributed by atoms with Crippen molar-refractivity contribution in [3.63, 3.8) is 0 Å². The number of aromatic nitrogens is 2. The highest BCUT2D eigenvalue weighted by Crippen LogP contribution is 2.29. The Balaban J connectivity index is 1.16. The highest BCUT2D eigenvalue weighted by atomic mass is 16.5. The van der Waals surface area contributed by atoms with Gasteiger partial charge in [0, 0.05) is 44.1 Å². The first kappa shape index (κ1) is 21.8. The molecule has 1 aliphatic rings. The van der Waals surface area contributed by atoms with E-state index < -0.39 is 0 Å². The first-order chi connectivity index (χ1) is 16.7. The summed E-state index contributed by atoms with van der Waals surface area (Å²) in [5.74, 6) is 1.65. The molecule has 4 aromatic rings. The third-order valence-corrected chi connectivity index (χ3v) is 5.97. The van der Waals surface area contributed by atoms with Crippen LogP contribution < -0.4 is 14.4 Å². The number of nitrogens with zero attached hydrogens (tertiary/aromatic N) is 4. The Morgan fingerprint density at radius 1 is 0.912 bits per heavy atom. The second-order valence-electron chi connectivity index (χ2n) is 8.19. The number of hydrogen-bond acceptors (Lipinski definition) is 5. The van der Waals surface area contributed by atoms with Crippen LogP contribution in [-0.4, -0.2) is 53.0 Å². The molecule has 1 aliphatic heterocycles. The Morgan fingerprint density at radius 3 is 2.44 bits per heavy atom. The molecule has 1 amide bonds. The monoisotopic (exact) mass is 456 g/mol. The Kier molecular flexibility index (Phi) is 6.33. The maximum Gasteiger partial charge on any atom is 0.253 e. The highest BCUT2D eigenvalue weighted by molar-refractivity contribution is 5.94. The Labute approximate surface area is 199 Å². The van der Waals surface area contributed by atoms with E-state index in [1.54, 1.807) is 0 Å². The standard InChI is InChI=1S/C27H28N4O3/c1-2-33-25-8-4-3-7-24(25)29-15-17-30(18-16-29)27(32)21-10-12-23(13-11-21)34-20-22-19-31-14-6-5-9-26(31)28-22/h3-14,19H,2,15-18,20H2,1H3. The van der Waals surface area contributed by atoms with Gasteiger partial charge in [0.05, 0.1) is 18.0 Å². The Hall–Kier alpha value is -4.00. The van der Waals surface area contributed by atoms with Gasteiger partial charge in [-0.3, -0.25) is 4.79 Å². The van der Waals surface area contributed by atoms with Gasteiger partial charge in [-0.15, -0.1) is 0 Å². The molecule has 0 bridgehead atoms. The van der Waals surface area contributed by atoms with E-state index in [0.29, 0.717) is 37.6 Å². The third kappa shape index (κ3) is 4.69. The molecule has 3 heterocycles. The van der Waals surface area contributed by atoms with Crippen LogP contribution in [-0.2, 0) is 6.61 Å². The lowest BCUT2D eigenvalue weighted by Gasteiger charge is -2.36. The van der Waals surface area contributed by atoms with E-state index in [4.69, 9.17) is 9.47 Å². The smallest absolute Gasteiger partial charge is 0.253 e. The number of rotatable bonds is 7. The molecule has 0 atom stereocenters. The number of pyridine rings is 1. The number of carbonyl (C=O) groups is 1. The summed E-state index contributed by atoms with van der Waals surface area (Å²) in [5.41, 5.74) is 3.51. The summed E-state index contributed by atoms with van der Waals surface area (Å²) in [4.78, 5) is 21.8. The number of anilines is 1. The number of amides is 1. The largest absolute Gasteiger partial charge is 0.492 e. The summed E-state index contributed by atoms with van der Waals surface area (Å²) >= 11 is 0. The molecule has 1 fully saturated rings. The Bertz CT molecular complexity index is 1230. The zero-order chi connectivity index (χ0) is 23.3. The fourth-order valence-electron chi connectivity index (χ4n) is 4.24. The summed E-state index contributed by atoms with van der Waals surface area (Å²) in [7, 11) is 0. The zero-order valence-corrected chi connectivity index (χ0v) is 19.3. The van der Waals surface area contributed by atoms with E-state index in [9.17, 15) is 4.79 Å². The molecule has 5 rings (SSSR count).